The van der Waals surface area contributed by atoms with Gasteiger partial charge in [0.05, 0.1) is 19.2 Å². The molecule has 6 nitrogen and oxygen atoms in total. The Hall–Kier alpha value is -2.37. The van der Waals surface area contributed by atoms with Crippen molar-refractivity contribution in [2.45, 2.75) is 26.3 Å². The molecule has 2 rings (SSSR count). The van der Waals surface area contributed by atoms with Gasteiger partial charge in [-0.15, -0.1) is 0 Å². The molecule has 21 heavy (non-hydrogen) atoms. The molecule has 0 radical (unpaired) electrons. The van der Waals surface area contributed by atoms with Crippen LogP contribution in [0, 0.1) is 5.92 Å². The Labute approximate surface area is 123 Å². The number of esters is 1. The predicted octanol–water partition coefficient (Wildman–Crippen LogP) is 1.19. The van der Waals surface area contributed by atoms with E-state index in [1.54, 1.807) is 6.20 Å². The van der Waals surface area contributed by atoms with Crippen LogP contribution in [0.3, 0.4) is 0 Å². The van der Waals surface area contributed by atoms with Crippen molar-refractivity contribution in [1.29, 1.82) is 0 Å². The van der Waals surface area contributed by atoms with Gasteiger partial charge in [0, 0.05) is 12.4 Å². The van der Waals surface area contributed by atoms with Gasteiger partial charge in [0.1, 0.15) is 11.7 Å². The quantitative estimate of drug-likeness (QED) is 0.839. The third-order valence-electron chi connectivity index (χ3n) is 3.19. The summed E-state index contributed by atoms with van der Waals surface area (Å²) < 4.78 is 6.55. The number of carbonyl (C=O) groups excluding carboxylic acids is 2. The number of pyridine rings is 1. The van der Waals surface area contributed by atoms with Gasteiger partial charge in [0.2, 0.25) is 5.91 Å². The molecule has 1 N–H and O–H groups in total. The van der Waals surface area contributed by atoms with E-state index in [0.29, 0.717) is 5.69 Å². The monoisotopic (exact) mass is 289 g/mol. The van der Waals surface area contributed by atoms with Crippen molar-refractivity contribution < 1.29 is 14.3 Å². The van der Waals surface area contributed by atoms with Crippen molar-refractivity contribution in [2.24, 2.45) is 5.92 Å². The zero-order valence-electron chi connectivity index (χ0n) is 12.4. The Bertz CT molecular complexity index is 615. The van der Waals surface area contributed by atoms with Crippen LogP contribution in [0.1, 0.15) is 19.5 Å². The number of amides is 1. The van der Waals surface area contributed by atoms with Crippen LogP contribution in [0.2, 0.25) is 0 Å². The van der Waals surface area contributed by atoms with Gasteiger partial charge in [0.15, 0.2) is 0 Å². The van der Waals surface area contributed by atoms with Crippen molar-refractivity contribution in [2.75, 3.05) is 7.11 Å². The number of methoxy groups -OCH3 is 1. The predicted molar refractivity (Wildman–Crippen MR) is 77.7 cm³/mol. The van der Waals surface area contributed by atoms with Crippen molar-refractivity contribution in [3.8, 4) is 0 Å². The summed E-state index contributed by atoms with van der Waals surface area (Å²) in [5.74, 6) is -0.724. The summed E-state index contributed by atoms with van der Waals surface area (Å²) >= 11 is 0. The van der Waals surface area contributed by atoms with Gasteiger partial charge in [-0.3, -0.25) is 4.79 Å². The van der Waals surface area contributed by atoms with Crippen LogP contribution in [-0.2, 0) is 20.7 Å². The number of nitrogens with one attached hydrogen (secondary N) is 1. The highest BCUT2D eigenvalue weighted by molar-refractivity contribution is 5.85. The number of aromatic nitrogens is 2. The van der Waals surface area contributed by atoms with E-state index in [0.717, 1.165) is 5.65 Å². The first kappa shape index (κ1) is 15.0. The van der Waals surface area contributed by atoms with E-state index in [1.807, 2.05) is 42.6 Å². The first-order valence-corrected chi connectivity index (χ1v) is 6.81. The summed E-state index contributed by atoms with van der Waals surface area (Å²) in [7, 11) is 1.31. The number of rotatable bonds is 5. The Morgan fingerprint density at radius 3 is 2.76 bits per heavy atom. The second kappa shape index (κ2) is 6.39. The first-order valence-electron chi connectivity index (χ1n) is 6.81. The number of carbonyl (C=O) groups is 2. The van der Waals surface area contributed by atoms with E-state index >= 15 is 0 Å². The summed E-state index contributed by atoms with van der Waals surface area (Å²) in [4.78, 5) is 28.0. The van der Waals surface area contributed by atoms with Crippen LogP contribution >= 0.6 is 0 Å². The summed E-state index contributed by atoms with van der Waals surface area (Å²) in [5, 5.41) is 2.70. The maximum atomic E-state index is 12.1. The number of nitrogens with zero attached hydrogens (tertiary/aromatic N) is 2. The molecule has 0 saturated heterocycles. The van der Waals surface area contributed by atoms with Crippen molar-refractivity contribution in [1.82, 2.24) is 14.7 Å². The van der Waals surface area contributed by atoms with Crippen LogP contribution in [0.5, 0.6) is 0 Å². The van der Waals surface area contributed by atoms with Gasteiger partial charge in [-0.1, -0.05) is 19.9 Å². The molecule has 1 atom stereocenters. The highest BCUT2D eigenvalue weighted by Crippen LogP contribution is 2.07. The highest BCUT2D eigenvalue weighted by atomic mass is 16.5. The third kappa shape index (κ3) is 3.59. The fraction of sp³-hybridized carbons (Fsp3) is 0.400. The molecular weight excluding hydrogens is 270 g/mol. The van der Waals surface area contributed by atoms with Gasteiger partial charge in [-0.05, 0) is 18.1 Å². The largest absolute Gasteiger partial charge is 0.467 e. The minimum absolute atomic E-state index is 0.0394. The summed E-state index contributed by atoms with van der Waals surface area (Å²) in [6.07, 6.45) is 3.80. The van der Waals surface area contributed by atoms with Crippen molar-refractivity contribution >= 4 is 17.5 Å². The van der Waals surface area contributed by atoms with E-state index in [9.17, 15) is 9.59 Å². The molecule has 0 spiro atoms. The number of imidazole rings is 1. The SMILES string of the molecule is COC(=O)C(NC(=O)Cc1cn2ccccc2n1)C(C)C. The standard InChI is InChI=1S/C15H19N3O3/c1-10(2)14(15(20)21-3)17-13(19)8-11-9-18-7-5-4-6-12(18)16-11/h4-7,9-10,14H,8H2,1-3H3,(H,17,19). The van der Waals surface area contributed by atoms with Crippen LogP contribution in [0.4, 0.5) is 0 Å². The molecule has 0 aliphatic heterocycles. The molecule has 0 aromatic carbocycles. The first-order chi connectivity index (χ1) is 10.0. The molecule has 1 amide bonds. The summed E-state index contributed by atoms with van der Waals surface area (Å²) in [5.41, 5.74) is 1.44. The molecule has 0 saturated carbocycles. The minimum atomic E-state index is -0.639. The number of ether oxygens (including phenoxy) is 1. The average Bonchev–Trinajstić information content (AvgIpc) is 2.85. The Kier molecular flexibility index (Phi) is 4.57. The lowest BCUT2D eigenvalue weighted by Crippen LogP contribution is -2.45. The Balaban J connectivity index is 2.05. The maximum Gasteiger partial charge on any atom is 0.328 e. The molecule has 2 heterocycles. The summed E-state index contributed by atoms with van der Waals surface area (Å²) in [6, 6.07) is 5.01. The fourth-order valence-electron chi connectivity index (χ4n) is 2.09. The smallest absolute Gasteiger partial charge is 0.328 e. The van der Waals surface area contributed by atoms with E-state index < -0.39 is 12.0 Å². The minimum Gasteiger partial charge on any atom is -0.467 e. The van der Waals surface area contributed by atoms with Gasteiger partial charge >= 0.3 is 5.97 Å². The van der Waals surface area contributed by atoms with E-state index in [1.165, 1.54) is 7.11 Å². The van der Waals surface area contributed by atoms with Crippen LogP contribution in [0.15, 0.2) is 30.6 Å². The second-order valence-corrected chi connectivity index (χ2v) is 5.19. The molecule has 0 aliphatic rings. The molecule has 0 aliphatic carbocycles. The van der Waals surface area contributed by atoms with Gasteiger partial charge in [-0.2, -0.15) is 0 Å². The number of hydrogen-bond donors (Lipinski definition) is 1. The Morgan fingerprint density at radius 1 is 1.38 bits per heavy atom. The molecule has 2 aromatic heterocycles. The van der Waals surface area contributed by atoms with Gasteiger partial charge in [-0.25, -0.2) is 9.78 Å². The topological polar surface area (TPSA) is 72.7 Å². The van der Waals surface area contributed by atoms with Gasteiger partial charge < -0.3 is 14.5 Å². The number of fused-ring (bicyclic) bond motifs is 1. The maximum absolute atomic E-state index is 12.1. The molecule has 1 unspecified atom stereocenters. The molecular formula is C15H19N3O3. The lowest BCUT2D eigenvalue weighted by atomic mass is 10.0. The van der Waals surface area contributed by atoms with Crippen LogP contribution in [-0.4, -0.2) is 34.4 Å². The zero-order chi connectivity index (χ0) is 15.4. The normalized spacial score (nSPS) is 12.4. The Morgan fingerprint density at radius 2 is 2.14 bits per heavy atom. The van der Waals surface area contributed by atoms with Crippen molar-refractivity contribution in [3.63, 3.8) is 0 Å². The van der Waals surface area contributed by atoms with Crippen LogP contribution in [0.25, 0.3) is 5.65 Å². The van der Waals surface area contributed by atoms with Crippen molar-refractivity contribution in [3.05, 3.63) is 36.3 Å². The fourth-order valence-corrected chi connectivity index (χ4v) is 2.09. The molecule has 2 aromatic rings. The molecule has 0 bridgehead atoms. The molecule has 0 fully saturated rings. The molecule has 6 heteroatoms. The third-order valence-corrected chi connectivity index (χ3v) is 3.19. The zero-order valence-corrected chi connectivity index (χ0v) is 12.4. The van der Waals surface area contributed by atoms with E-state index in [4.69, 9.17) is 4.74 Å². The van der Waals surface area contributed by atoms with E-state index in [2.05, 4.69) is 10.3 Å². The average molecular weight is 289 g/mol. The second-order valence-electron chi connectivity index (χ2n) is 5.19. The van der Waals surface area contributed by atoms with E-state index in [-0.39, 0.29) is 18.2 Å². The summed E-state index contributed by atoms with van der Waals surface area (Å²) in [6.45, 7) is 3.71. The lowest BCUT2D eigenvalue weighted by Gasteiger charge is -2.19. The number of hydrogen-bond acceptors (Lipinski definition) is 4. The highest BCUT2D eigenvalue weighted by Gasteiger charge is 2.25. The van der Waals surface area contributed by atoms with Gasteiger partial charge in [0.25, 0.3) is 0 Å². The lowest BCUT2D eigenvalue weighted by molar-refractivity contribution is -0.146. The molecule has 112 valence electrons. The van der Waals surface area contributed by atoms with Crippen LogP contribution < -0.4 is 5.32 Å².